The van der Waals surface area contributed by atoms with Gasteiger partial charge >= 0.3 is 0 Å². The molecule has 2 fully saturated rings. The van der Waals surface area contributed by atoms with E-state index in [9.17, 15) is 0 Å². The summed E-state index contributed by atoms with van der Waals surface area (Å²) in [6, 6.07) is 0.810. The Balaban J connectivity index is 2.01. The molecule has 2 heterocycles. The first-order chi connectivity index (χ1) is 8.01. The predicted octanol–water partition coefficient (Wildman–Crippen LogP) is 2.84. The molecule has 2 aliphatic rings. The van der Waals surface area contributed by atoms with Gasteiger partial charge in [-0.05, 0) is 70.7 Å². The average molecular weight is 238 g/mol. The van der Waals surface area contributed by atoms with Crippen LogP contribution < -0.4 is 0 Å². The molecule has 0 saturated carbocycles. The van der Waals surface area contributed by atoms with Crippen LogP contribution in [0.15, 0.2) is 0 Å². The predicted molar refractivity (Wildman–Crippen MR) is 74.3 cm³/mol. The van der Waals surface area contributed by atoms with Crippen LogP contribution in [0.25, 0.3) is 0 Å². The van der Waals surface area contributed by atoms with E-state index in [0.29, 0.717) is 5.41 Å². The minimum absolute atomic E-state index is 0.496. The topological polar surface area (TPSA) is 6.48 Å². The van der Waals surface area contributed by atoms with E-state index in [1.807, 2.05) is 0 Å². The van der Waals surface area contributed by atoms with Crippen molar-refractivity contribution in [1.29, 1.82) is 0 Å². The standard InChI is InChI=1S/C15H30N2/c1-15(2,13-8-11-16(3)12-9-13)14-7-5-6-10-17(14)4/h13-14H,5-12H2,1-4H3. The third-order valence-electron chi connectivity index (χ3n) is 5.40. The van der Waals surface area contributed by atoms with Crippen LogP contribution in [0.2, 0.25) is 0 Å². The Labute approximate surface area is 107 Å². The molecule has 2 rings (SSSR count). The van der Waals surface area contributed by atoms with Gasteiger partial charge in [0.05, 0.1) is 0 Å². The first kappa shape index (κ1) is 13.4. The molecule has 1 atom stereocenters. The molecular formula is C15H30N2. The second-order valence-corrected chi connectivity index (χ2v) is 6.89. The van der Waals surface area contributed by atoms with E-state index in [4.69, 9.17) is 0 Å². The van der Waals surface area contributed by atoms with E-state index >= 15 is 0 Å². The first-order valence-electron chi connectivity index (χ1n) is 7.40. The molecule has 0 bridgehead atoms. The highest BCUT2D eigenvalue weighted by molar-refractivity contribution is 4.93. The van der Waals surface area contributed by atoms with Gasteiger partial charge in [0.2, 0.25) is 0 Å². The minimum Gasteiger partial charge on any atom is -0.306 e. The van der Waals surface area contributed by atoms with Crippen molar-refractivity contribution in [2.75, 3.05) is 33.7 Å². The van der Waals surface area contributed by atoms with Gasteiger partial charge < -0.3 is 9.80 Å². The van der Waals surface area contributed by atoms with E-state index in [-0.39, 0.29) is 0 Å². The molecule has 2 nitrogen and oxygen atoms in total. The SMILES string of the molecule is CN1CCC(C(C)(C)C2CCCCN2C)CC1. The van der Waals surface area contributed by atoms with Crippen LogP contribution in [0, 0.1) is 11.3 Å². The highest BCUT2D eigenvalue weighted by atomic mass is 15.1. The van der Waals surface area contributed by atoms with Crippen molar-refractivity contribution in [3.63, 3.8) is 0 Å². The lowest BCUT2D eigenvalue weighted by Crippen LogP contribution is -2.51. The molecule has 0 aromatic heterocycles. The number of rotatable bonds is 2. The molecule has 0 aromatic rings. The number of nitrogens with zero attached hydrogens (tertiary/aromatic N) is 2. The van der Waals surface area contributed by atoms with E-state index in [2.05, 4.69) is 37.7 Å². The van der Waals surface area contributed by atoms with Crippen LogP contribution in [-0.2, 0) is 0 Å². The van der Waals surface area contributed by atoms with Crippen molar-refractivity contribution < 1.29 is 0 Å². The fraction of sp³-hybridized carbons (Fsp3) is 1.00. The maximum Gasteiger partial charge on any atom is 0.0146 e. The summed E-state index contributed by atoms with van der Waals surface area (Å²) in [6.07, 6.45) is 7.04. The van der Waals surface area contributed by atoms with Crippen molar-refractivity contribution >= 4 is 0 Å². The highest BCUT2D eigenvalue weighted by Crippen LogP contribution is 2.42. The van der Waals surface area contributed by atoms with Gasteiger partial charge in [-0.1, -0.05) is 20.3 Å². The van der Waals surface area contributed by atoms with E-state index in [0.717, 1.165) is 12.0 Å². The number of likely N-dealkylation sites (tertiary alicyclic amines) is 2. The summed E-state index contributed by atoms with van der Waals surface area (Å²) in [5.74, 6) is 0.921. The lowest BCUT2D eigenvalue weighted by molar-refractivity contribution is 0.00740. The normalized spacial score (nSPS) is 30.7. The second kappa shape index (κ2) is 5.27. The Bertz CT molecular complexity index is 241. The van der Waals surface area contributed by atoms with Gasteiger partial charge in [0.15, 0.2) is 0 Å². The molecule has 1 unspecified atom stereocenters. The quantitative estimate of drug-likeness (QED) is 0.730. The van der Waals surface area contributed by atoms with Crippen LogP contribution in [0.4, 0.5) is 0 Å². The summed E-state index contributed by atoms with van der Waals surface area (Å²) in [5.41, 5.74) is 0.496. The molecule has 100 valence electrons. The maximum absolute atomic E-state index is 2.63. The Morgan fingerprint density at radius 3 is 2.12 bits per heavy atom. The summed E-state index contributed by atoms with van der Waals surface area (Å²) < 4.78 is 0. The van der Waals surface area contributed by atoms with Gasteiger partial charge in [-0.25, -0.2) is 0 Å². The molecule has 2 saturated heterocycles. The zero-order chi connectivity index (χ0) is 12.5. The molecule has 0 amide bonds. The Morgan fingerprint density at radius 1 is 0.882 bits per heavy atom. The molecule has 2 heteroatoms. The van der Waals surface area contributed by atoms with Crippen LogP contribution in [-0.4, -0.2) is 49.6 Å². The fourth-order valence-corrected chi connectivity index (χ4v) is 4.04. The Hall–Kier alpha value is -0.0800. The maximum atomic E-state index is 2.63. The number of hydrogen-bond donors (Lipinski definition) is 0. The van der Waals surface area contributed by atoms with E-state index < -0.39 is 0 Å². The zero-order valence-electron chi connectivity index (χ0n) is 12.2. The van der Waals surface area contributed by atoms with Gasteiger partial charge in [-0.3, -0.25) is 0 Å². The third kappa shape index (κ3) is 2.85. The molecule has 0 spiro atoms. The zero-order valence-corrected chi connectivity index (χ0v) is 12.2. The van der Waals surface area contributed by atoms with Crippen molar-refractivity contribution in [2.45, 2.75) is 52.0 Å². The molecule has 17 heavy (non-hydrogen) atoms. The molecule has 2 aliphatic heterocycles. The van der Waals surface area contributed by atoms with Gasteiger partial charge in [-0.2, -0.15) is 0 Å². The van der Waals surface area contributed by atoms with Gasteiger partial charge in [-0.15, -0.1) is 0 Å². The van der Waals surface area contributed by atoms with Crippen molar-refractivity contribution in [3.05, 3.63) is 0 Å². The fourth-order valence-electron chi connectivity index (χ4n) is 4.04. The summed E-state index contributed by atoms with van der Waals surface area (Å²) in [7, 11) is 4.59. The largest absolute Gasteiger partial charge is 0.306 e. The average Bonchev–Trinajstić information content (AvgIpc) is 2.30. The van der Waals surface area contributed by atoms with E-state index in [1.54, 1.807) is 0 Å². The van der Waals surface area contributed by atoms with Crippen LogP contribution in [0.1, 0.15) is 46.0 Å². The number of piperidine rings is 2. The van der Waals surface area contributed by atoms with Gasteiger partial charge in [0.25, 0.3) is 0 Å². The summed E-state index contributed by atoms with van der Waals surface area (Å²) >= 11 is 0. The van der Waals surface area contributed by atoms with Crippen molar-refractivity contribution in [1.82, 2.24) is 9.80 Å². The lowest BCUT2D eigenvalue weighted by Gasteiger charge is -2.49. The van der Waals surface area contributed by atoms with Crippen LogP contribution >= 0.6 is 0 Å². The summed E-state index contributed by atoms with van der Waals surface area (Å²) in [4.78, 5) is 5.11. The molecule has 0 radical (unpaired) electrons. The van der Waals surface area contributed by atoms with Gasteiger partial charge in [0, 0.05) is 6.04 Å². The molecular weight excluding hydrogens is 208 g/mol. The molecule has 0 N–H and O–H groups in total. The smallest absolute Gasteiger partial charge is 0.0146 e. The number of hydrogen-bond acceptors (Lipinski definition) is 2. The Kier molecular flexibility index (Phi) is 4.14. The third-order valence-corrected chi connectivity index (χ3v) is 5.40. The van der Waals surface area contributed by atoms with Crippen molar-refractivity contribution in [2.24, 2.45) is 11.3 Å². The highest BCUT2D eigenvalue weighted by Gasteiger charge is 2.40. The second-order valence-electron chi connectivity index (χ2n) is 6.89. The monoisotopic (exact) mass is 238 g/mol. The minimum atomic E-state index is 0.496. The summed E-state index contributed by atoms with van der Waals surface area (Å²) in [6.45, 7) is 8.95. The molecule has 0 aliphatic carbocycles. The summed E-state index contributed by atoms with van der Waals surface area (Å²) in [5, 5.41) is 0. The first-order valence-corrected chi connectivity index (χ1v) is 7.40. The van der Waals surface area contributed by atoms with E-state index in [1.165, 1.54) is 51.7 Å². The Morgan fingerprint density at radius 2 is 1.53 bits per heavy atom. The van der Waals surface area contributed by atoms with Gasteiger partial charge in [0.1, 0.15) is 0 Å². The molecule has 0 aromatic carbocycles. The van der Waals surface area contributed by atoms with Crippen LogP contribution in [0.5, 0.6) is 0 Å². The van der Waals surface area contributed by atoms with Crippen LogP contribution in [0.3, 0.4) is 0 Å². The lowest BCUT2D eigenvalue weighted by atomic mass is 9.66. The van der Waals surface area contributed by atoms with Crippen molar-refractivity contribution in [3.8, 4) is 0 Å².